The lowest BCUT2D eigenvalue weighted by atomic mass is 10.3. The van der Waals surface area contributed by atoms with Gasteiger partial charge in [0.25, 0.3) is 10.0 Å². The summed E-state index contributed by atoms with van der Waals surface area (Å²) in [5, 5.41) is 7.38. The minimum atomic E-state index is -3.70. The number of rotatable bonds is 7. The second-order valence-electron chi connectivity index (χ2n) is 6.59. The number of aromatic nitrogens is 4. The highest BCUT2D eigenvalue weighted by Gasteiger charge is 2.14. The number of hydrogen-bond donors (Lipinski definition) is 2. The van der Waals surface area contributed by atoms with Gasteiger partial charge < -0.3 is 10.1 Å². The molecule has 0 saturated heterocycles. The molecule has 0 spiro atoms. The number of nitrogens with one attached hydrogen (secondary N) is 2. The van der Waals surface area contributed by atoms with E-state index in [1.807, 2.05) is 6.07 Å². The Morgan fingerprint density at radius 3 is 2.32 bits per heavy atom. The zero-order valence-electron chi connectivity index (χ0n) is 16.9. The standard InChI is InChI=1S/C21H20N6O3S/c1-15-23-20(14-21(24-15)27-13-3-12-22-27)25-16-4-6-17(7-5-16)26-31(28,29)19-10-8-18(30-2)9-11-19/h3-14,26H,1-2H3,(H,23,24,25). The fourth-order valence-corrected chi connectivity index (χ4v) is 3.93. The molecule has 0 bridgehead atoms. The fraction of sp³-hybridized carbons (Fsp3) is 0.0952. The predicted octanol–water partition coefficient (Wildman–Crippen LogP) is 3.52. The molecule has 0 unspecified atom stereocenters. The molecule has 2 aromatic carbocycles. The van der Waals surface area contributed by atoms with Crippen LogP contribution in [0.2, 0.25) is 0 Å². The van der Waals surface area contributed by atoms with Crippen LogP contribution in [0.5, 0.6) is 5.75 Å². The molecule has 2 N–H and O–H groups in total. The zero-order chi connectivity index (χ0) is 21.8. The van der Waals surface area contributed by atoms with Crippen LogP contribution < -0.4 is 14.8 Å². The van der Waals surface area contributed by atoms with Crippen LogP contribution in [-0.4, -0.2) is 35.3 Å². The van der Waals surface area contributed by atoms with Crippen LogP contribution in [0.25, 0.3) is 5.82 Å². The Labute approximate surface area is 179 Å². The normalized spacial score (nSPS) is 11.2. The van der Waals surface area contributed by atoms with Crippen LogP contribution in [0, 0.1) is 6.92 Å². The van der Waals surface area contributed by atoms with Crippen molar-refractivity contribution in [1.29, 1.82) is 0 Å². The van der Waals surface area contributed by atoms with Gasteiger partial charge in [-0.15, -0.1) is 0 Å². The Bertz CT molecular complexity index is 1270. The van der Waals surface area contributed by atoms with E-state index in [0.717, 1.165) is 5.69 Å². The fourth-order valence-electron chi connectivity index (χ4n) is 2.88. The van der Waals surface area contributed by atoms with Gasteiger partial charge in [0.2, 0.25) is 0 Å². The maximum atomic E-state index is 12.6. The first-order valence-corrected chi connectivity index (χ1v) is 10.8. The number of benzene rings is 2. The molecule has 10 heteroatoms. The van der Waals surface area contributed by atoms with Gasteiger partial charge in [-0.3, -0.25) is 4.72 Å². The Hall–Kier alpha value is -3.92. The number of hydrogen-bond acceptors (Lipinski definition) is 7. The maximum absolute atomic E-state index is 12.6. The molecule has 2 aromatic heterocycles. The zero-order valence-corrected chi connectivity index (χ0v) is 17.7. The van der Waals surface area contributed by atoms with Gasteiger partial charge in [-0.25, -0.2) is 23.1 Å². The van der Waals surface area contributed by atoms with Crippen LogP contribution in [-0.2, 0) is 10.0 Å². The van der Waals surface area contributed by atoms with E-state index in [1.165, 1.54) is 19.2 Å². The van der Waals surface area contributed by atoms with Crippen molar-refractivity contribution in [2.45, 2.75) is 11.8 Å². The Kier molecular flexibility index (Phi) is 5.54. The van der Waals surface area contributed by atoms with Gasteiger partial charge in [-0.1, -0.05) is 0 Å². The maximum Gasteiger partial charge on any atom is 0.261 e. The third kappa shape index (κ3) is 4.81. The summed E-state index contributed by atoms with van der Waals surface area (Å²) in [6.07, 6.45) is 3.48. The minimum Gasteiger partial charge on any atom is -0.497 e. The van der Waals surface area contributed by atoms with Gasteiger partial charge in [0.05, 0.1) is 12.0 Å². The van der Waals surface area contributed by atoms with Crippen molar-refractivity contribution in [3.63, 3.8) is 0 Å². The lowest BCUT2D eigenvalue weighted by Crippen LogP contribution is -2.12. The van der Waals surface area contributed by atoms with Gasteiger partial charge in [0.15, 0.2) is 5.82 Å². The number of aryl methyl sites for hydroxylation is 1. The topological polar surface area (TPSA) is 111 Å². The predicted molar refractivity (Wildman–Crippen MR) is 117 cm³/mol. The summed E-state index contributed by atoms with van der Waals surface area (Å²) < 4.78 is 34.4. The number of methoxy groups -OCH3 is 1. The van der Waals surface area contributed by atoms with Gasteiger partial charge in [0, 0.05) is 29.8 Å². The lowest BCUT2D eigenvalue weighted by Gasteiger charge is -2.11. The molecule has 0 aliphatic carbocycles. The molecule has 0 aliphatic heterocycles. The van der Waals surface area contributed by atoms with E-state index in [2.05, 4.69) is 25.1 Å². The van der Waals surface area contributed by atoms with Crippen molar-refractivity contribution in [1.82, 2.24) is 19.7 Å². The van der Waals surface area contributed by atoms with E-state index in [0.29, 0.717) is 28.9 Å². The van der Waals surface area contributed by atoms with E-state index in [9.17, 15) is 8.42 Å². The molecule has 9 nitrogen and oxygen atoms in total. The van der Waals surface area contributed by atoms with E-state index in [-0.39, 0.29) is 4.90 Å². The highest BCUT2D eigenvalue weighted by Crippen LogP contribution is 2.22. The van der Waals surface area contributed by atoms with Gasteiger partial charge in [0.1, 0.15) is 17.4 Å². The first kappa shape index (κ1) is 20.4. The average Bonchev–Trinajstić information content (AvgIpc) is 3.30. The van der Waals surface area contributed by atoms with Gasteiger partial charge in [-0.2, -0.15) is 5.10 Å². The number of nitrogens with zero attached hydrogens (tertiary/aromatic N) is 4. The summed E-state index contributed by atoms with van der Waals surface area (Å²) in [5.74, 6) is 2.43. The quantitative estimate of drug-likeness (QED) is 0.456. The molecule has 0 radical (unpaired) electrons. The lowest BCUT2D eigenvalue weighted by molar-refractivity contribution is 0.414. The monoisotopic (exact) mass is 436 g/mol. The summed E-state index contributed by atoms with van der Waals surface area (Å²) in [7, 11) is -2.18. The molecule has 0 aliphatic rings. The molecule has 2 heterocycles. The molecule has 0 saturated carbocycles. The second kappa shape index (κ2) is 8.44. The van der Waals surface area contributed by atoms with Crippen molar-refractivity contribution in [2.24, 2.45) is 0 Å². The van der Waals surface area contributed by atoms with Crippen molar-refractivity contribution < 1.29 is 13.2 Å². The molecular weight excluding hydrogens is 416 g/mol. The summed E-state index contributed by atoms with van der Waals surface area (Å²) >= 11 is 0. The second-order valence-corrected chi connectivity index (χ2v) is 8.28. The highest BCUT2D eigenvalue weighted by atomic mass is 32.2. The smallest absolute Gasteiger partial charge is 0.261 e. The van der Waals surface area contributed by atoms with Crippen LogP contribution in [0.15, 0.2) is 78.0 Å². The number of anilines is 3. The molecule has 31 heavy (non-hydrogen) atoms. The van der Waals surface area contributed by atoms with Crippen LogP contribution in [0.1, 0.15) is 5.82 Å². The molecule has 158 valence electrons. The SMILES string of the molecule is COc1ccc(S(=O)(=O)Nc2ccc(Nc3cc(-n4cccn4)nc(C)n3)cc2)cc1. The van der Waals surface area contributed by atoms with Crippen LogP contribution in [0.3, 0.4) is 0 Å². The first-order chi connectivity index (χ1) is 14.9. The summed E-state index contributed by atoms with van der Waals surface area (Å²) in [5.41, 5.74) is 1.19. The van der Waals surface area contributed by atoms with Crippen LogP contribution >= 0.6 is 0 Å². The van der Waals surface area contributed by atoms with Crippen molar-refractivity contribution in [3.8, 4) is 11.6 Å². The van der Waals surface area contributed by atoms with E-state index in [1.54, 1.807) is 66.5 Å². The molecule has 0 fully saturated rings. The summed E-state index contributed by atoms with van der Waals surface area (Å²) in [6.45, 7) is 1.80. The Morgan fingerprint density at radius 1 is 0.968 bits per heavy atom. The Morgan fingerprint density at radius 2 is 1.68 bits per heavy atom. The largest absolute Gasteiger partial charge is 0.497 e. The number of ether oxygens (including phenoxy) is 1. The van der Waals surface area contributed by atoms with Gasteiger partial charge in [-0.05, 0) is 61.5 Å². The summed E-state index contributed by atoms with van der Waals surface area (Å²) in [6, 6.07) is 16.6. The minimum absolute atomic E-state index is 0.151. The third-order valence-electron chi connectivity index (χ3n) is 4.34. The first-order valence-electron chi connectivity index (χ1n) is 9.33. The van der Waals surface area contributed by atoms with Crippen molar-refractivity contribution in [2.75, 3.05) is 17.1 Å². The van der Waals surface area contributed by atoms with E-state index >= 15 is 0 Å². The molecule has 4 rings (SSSR count). The molecular formula is C21H20N6O3S. The summed E-state index contributed by atoms with van der Waals surface area (Å²) in [4.78, 5) is 8.92. The number of sulfonamides is 1. The molecule has 0 atom stereocenters. The van der Waals surface area contributed by atoms with Crippen LogP contribution in [0.4, 0.5) is 17.2 Å². The van der Waals surface area contributed by atoms with E-state index in [4.69, 9.17) is 4.74 Å². The van der Waals surface area contributed by atoms with Crippen molar-refractivity contribution in [3.05, 3.63) is 78.9 Å². The molecule has 4 aromatic rings. The Balaban J connectivity index is 1.48. The van der Waals surface area contributed by atoms with Gasteiger partial charge >= 0.3 is 0 Å². The average molecular weight is 436 g/mol. The third-order valence-corrected chi connectivity index (χ3v) is 5.74. The van der Waals surface area contributed by atoms with E-state index < -0.39 is 10.0 Å². The van der Waals surface area contributed by atoms with Crippen molar-refractivity contribution >= 4 is 27.2 Å². The molecule has 0 amide bonds. The highest BCUT2D eigenvalue weighted by molar-refractivity contribution is 7.92.